The minimum atomic E-state index is -0.898. The van der Waals surface area contributed by atoms with Crippen LogP contribution in [0.1, 0.15) is 36.4 Å². The molecule has 0 spiro atoms. The molecule has 6 nitrogen and oxygen atoms in total. The van der Waals surface area contributed by atoms with Crippen LogP contribution >= 0.6 is 11.3 Å². The second-order valence-corrected chi connectivity index (χ2v) is 9.95. The van der Waals surface area contributed by atoms with E-state index >= 15 is 0 Å². The van der Waals surface area contributed by atoms with Crippen LogP contribution in [0.5, 0.6) is 17.5 Å². The lowest BCUT2D eigenvalue weighted by Crippen LogP contribution is -2.14. The number of hydrogen-bond acceptors (Lipinski definition) is 7. The fourth-order valence-electron chi connectivity index (χ4n) is 3.84. The normalized spacial score (nSPS) is 11.4. The van der Waals surface area contributed by atoms with Gasteiger partial charge in [-0.05, 0) is 74.7 Å². The zero-order chi connectivity index (χ0) is 25.2. The first-order valence-electron chi connectivity index (χ1n) is 11.3. The van der Waals surface area contributed by atoms with Gasteiger partial charge < -0.3 is 19.3 Å². The summed E-state index contributed by atoms with van der Waals surface area (Å²) in [4.78, 5) is 11.0. The van der Waals surface area contributed by atoms with E-state index in [0.717, 1.165) is 43.4 Å². The fraction of sp³-hybridized carbons (Fsp3) is 0.286. The molecule has 0 amide bonds. The quantitative estimate of drug-likeness (QED) is 0.312. The number of benzene rings is 2. The Kier molecular flexibility index (Phi) is 7.10. The van der Waals surface area contributed by atoms with E-state index in [9.17, 15) is 5.11 Å². The molecule has 0 atom stereocenters. The SMILES string of the molecule is COc1ccc(-c2cc(COc3nc(C)cc(C)n3)c(-c3ccc(C(C)(C)O)cc3)s2)cc1OC. The smallest absolute Gasteiger partial charge is 0.317 e. The van der Waals surface area contributed by atoms with Gasteiger partial charge in [-0.3, -0.25) is 0 Å². The molecule has 35 heavy (non-hydrogen) atoms. The van der Waals surface area contributed by atoms with Crippen LogP contribution in [0.25, 0.3) is 20.9 Å². The summed E-state index contributed by atoms with van der Waals surface area (Å²) >= 11 is 1.67. The maximum atomic E-state index is 10.4. The van der Waals surface area contributed by atoms with E-state index in [-0.39, 0.29) is 0 Å². The Bertz CT molecular complexity index is 1300. The molecule has 0 fully saturated rings. The second-order valence-electron chi connectivity index (χ2n) is 8.89. The standard InChI is InChI=1S/C28H30N2O4S/c1-17-13-18(2)30-27(29-17)34-16-21-15-25(20-9-12-23(32-5)24(14-20)33-6)35-26(21)19-7-10-22(11-8-19)28(3,4)31/h7-15,31H,16H2,1-6H3. The summed E-state index contributed by atoms with van der Waals surface area (Å²) in [5, 5.41) is 10.4. The van der Waals surface area contributed by atoms with E-state index in [2.05, 4.69) is 16.0 Å². The summed E-state index contributed by atoms with van der Waals surface area (Å²) in [6, 6.07) is 18.3. The number of nitrogens with zero attached hydrogens (tertiary/aromatic N) is 2. The van der Waals surface area contributed by atoms with Crippen LogP contribution in [0.2, 0.25) is 0 Å². The highest BCUT2D eigenvalue weighted by Gasteiger charge is 2.18. The zero-order valence-electron chi connectivity index (χ0n) is 20.9. The van der Waals surface area contributed by atoms with E-state index in [1.165, 1.54) is 0 Å². The first-order chi connectivity index (χ1) is 16.7. The Balaban J connectivity index is 1.73. The van der Waals surface area contributed by atoms with Crippen molar-refractivity contribution in [1.82, 2.24) is 9.97 Å². The molecule has 1 N–H and O–H groups in total. The highest BCUT2D eigenvalue weighted by Crippen LogP contribution is 2.41. The highest BCUT2D eigenvalue weighted by molar-refractivity contribution is 7.19. The summed E-state index contributed by atoms with van der Waals surface area (Å²) in [5.41, 5.74) is 4.80. The summed E-state index contributed by atoms with van der Waals surface area (Å²) < 4.78 is 16.9. The maximum absolute atomic E-state index is 10.4. The summed E-state index contributed by atoms with van der Waals surface area (Å²) in [5.74, 6) is 1.36. The van der Waals surface area contributed by atoms with Crippen molar-refractivity contribution in [3.8, 4) is 38.4 Å². The number of hydrogen-bond donors (Lipinski definition) is 1. The Hall–Kier alpha value is -3.42. The fourth-order valence-corrected chi connectivity index (χ4v) is 5.01. The van der Waals surface area contributed by atoms with Gasteiger partial charge in [0.25, 0.3) is 0 Å². The monoisotopic (exact) mass is 490 g/mol. The lowest BCUT2D eigenvalue weighted by Gasteiger charge is -2.18. The average molecular weight is 491 g/mol. The van der Waals surface area contributed by atoms with Crippen LogP contribution < -0.4 is 14.2 Å². The molecule has 0 bridgehead atoms. The molecule has 2 aromatic carbocycles. The van der Waals surface area contributed by atoms with Crippen LogP contribution in [0, 0.1) is 13.8 Å². The first-order valence-corrected chi connectivity index (χ1v) is 12.1. The van der Waals surface area contributed by atoms with Crippen LogP contribution in [-0.4, -0.2) is 29.3 Å². The van der Waals surface area contributed by atoms with Crippen LogP contribution in [-0.2, 0) is 12.2 Å². The summed E-state index contributed by atoms with van der Waals surface area (Å²) in [7, 11) is 3.26. The van der Waals surface area contributed by atoms with Gasteiger partial charge in [0.1, 0.15) is 6.61 Å². The van der Waals surface area contributed by atoms with Gasteiger partial charge >= 0.3 is 6.01 Å². The number of aryl methyl sites for hydroxylation is 2. The Morgan fingerprint density at radius 3 is 2.06 bits per heavy atom. The van der Waals surface area contributed by atoms with Gasteiger partial charge in [-0.15, -0.1) is 11.3 Å². The van der Waals surface area contributed by atoms with Crippen molar-refractivity contribution in [2.75, 3.05) is 14.2 Å². The van der Waals surface area contributed by atoms with Crippen LogP contribution in [0.3, 0.4) is 0 Å². The van der Waals surface area contributed by atoms with E-state index in [0.29, 0.717) is 24.1 Å². The van der Waals surface area contributed by atoms with E-state index < -0.39 is 5.60 Å². The van der Waals surface area contributed by atoms with E-state index in [4.69, 9.17) is 14.2 Å². The van der Waals surface area contributed by atoms with Crippen molar-refractivity contribution in [1.29, 1.82) is 0 Å². The molecule has 4 aromatic rings. The molecule has 4 rings (SSSR count). The minimum Gasteiger partial charge on any atom is -0.493 e. The molecular formula is C28H30N2O4S. The molecule has 0 aliphatic heterocycles. The van der Waals surface area contributed by atoms with Crippen molar-refractivity contribution in [3.63, 3.8) is 0 Å². The molecule has 0 aliphatic rings. The third kappa shape index (κ3) is 5.63. The third-order valence-electron chi connectivity index (χ3n) is 5.65. The van der Waals surface area contributed by atoms with Crippen molar-refractivity contribution in [3.05, 3.63) is 77.1 Å². The predicted octanol–water partition coefficient (Wildman–Crippen LogP) is 6.31. The maximum Gasteiger partial charge on any atom is 0.317 e. The Labute approximate surface area is 210 Å². The van der Waals surface area contributed by atoms with Gasteiger partial charge in [-0.25, -0.2) is 9.97 Å². The van der Waals surface area contributed by atoms with Crippen molar-refractivity contribution in [2.45, 2.75) is 39.9 Å². The molecular weight excluding hydrogens is 460 g/mol. The van der Waals surface area contributed by atoms with Crippen molar-refractivity contribution >= 4 is 11.3 Å². The summed E-state index contributed by atoms with van der Waals surface area (Å²) in [6.45, 7) is 7.75. The van der Waals surface area contributed by atoms with E-state index in [1.807, 2.05) is 62.4 Å². The van der Waals surface area contributed by atoms with Gasteiger partial charge in [0.05, 0.1) is 19.8 Å². The minimum absolute atomic E-state index is 0.329. The number of aromatic nitrogens is 2. The van der Waals surface area contributed by atoms with Crippen molar-refractivity contribution < 1.29 is 19.3 Å². The molecule has 2 heterocycles. The first kappa shape index (κ1) is 24.7. The Morgan fingerprint density at radius 1 is 0.829 bits per heavy atom. The average Bonchev–Trinajstić information content (AvgIpc) is 3.25. The predicted molar refractivity (Wildman–Crippen MR) is 139 cm³/mol. The lowest BCUT2D eigenvalue weighted by atomic mass is 9.96. The zero-order valence-corrected chi connectivity index (χ0v) is 21.7. The highest BCUT2D eigenvalue weighted by atomic mass is 32.1. The van der Waals surface area contributed by atoms with Gasteiger partial charge in [-0.1, -0.05) is 24.3 Å². The summed E-state index contributed by atoms with van der Waals surface area (Å²) in [6.07, 6.45) is 0. The number of rotatable bonds is 8. The van der Waals surface area contributed by atoms with Crippen molar-refractivity contribution in [2.24, 2.45) is 0 Å². The molecule has 0 unspecified atom stereocenters. The third-order valence-corrected chi connectivity index (χ3v) is 6.92. The largest absolute Gasteiger partial charge is 0.493 e. The topological polar surface area (TPSA) is 73.7 Å². The van der Waals surface area contributed by atoms with Gasteiger partial charge in [0.15, 0.2) is 11.5 Å². The molecule has 0 radical (unpaired) electrons. The van der Waals surface area contributed by atoms with Crippen LogP contribution in [0.15, 0.2) is 54.6 Å². The molecule has 182 valence electrons. The molecule has 0 saturated heterocycles. The van der Waals surface area contributed by atoms with Crippen LogP contribution in [0.4, 0.5) is 0 Å². The van der Waals surface area contributed by atoms with Gasteiger partial charge in [-0.2, -0.15) is 0 Å². The number of methoxy groups -OCH3 is 2. The molecule has 0 aliphatic carbocycles. The van der Waals surface area contributed by atoms with Gasteiger partial charge in [0.2, 0.25) is 0 Å². The molecule has 2 aromatic heterocycles. The number of thiophene rings is 1. The Morgan fingerprint density at radius 2 is 1.46 bits per heavy atom. The second kappa shape index (κ2) is 10.1. The number of aliphatic hydroxyl groups is 1. The lowest BCUT2D eigenvalue weighted by molar-refractivity contribution is 0.0786. The van der Waals surface area contributed by atoms with Gasteiger partial charge in [0, 0.05) is 26.7 Å². The number of ether oxygens (including phenoxy) is 3. The molecule has 0 saturated carbocycles. The van der Waals surface area contributed by atoms with E-state index in [1.54, 1.807) is 39.4 Å². The molecule has 7 heteroatoms.